The molecule has 4 saturated carbocycles. The molecule has 4 bridgehead atoms. The van der Waals surface area contributed by atoms with Gasteiger partial charge in [0.1, 0.15) is 0 Å². The first-order valence-corrected chi connectivity index (χ1v) is 14.0. The molecule has 4 aliphatic carbocycles. The molecular weight excluding hydrogens is 458 g/mol. The molecule has 0 aromatic heterocycles. The molecule has 6 rings (SSSR count). The Labute approximate surface area is 208 Å². The molecule has 184 valence electrons. The van der Waals surface area contributed by atoms with Crippen LogP contribution in [0, 0.1) is 35.0 Å². The van der Waals surface area contributed by atoms with Crippen molar-refractivity contribution in [2.24, 2.45) is 23.7 Å². The molecule has 1 amide bonds. The quantitative estimate of drug-likeness (QED) is 0.591. The Morgan fingerprint density at radius 2 is 1.43 bits per heavy atom. The summed E-state index contributed by atoms with van der Waals surface area (Å²) in [5.41, 5.74) is 1.43. The summed E-state index contributed by atoms with van der Waals surface area (Å²) in [5.74, 6) is 2.79. The molecular formula is C28H33N3O3S. The number of hydrogen-bond donors (Lipinski definition) is 2. The standard InChI is InChI=1S/C28H33N3O3S/c1-28(2,16-26(32)30-27-23-12-19-11-20(14-23)15-24(27)13-19)31-35(33,34)25-9-7-22(8-10-25)21-5-3-18(17-29)4-6-21/h3-10,19-20,23-24,27,31H,11-16H2,1-2H3,(H,30,32). The SMILES string of the molecule is CC(C)(CC(=O)NC1C2CC3CC(C2)CC1C3)NS(=O)(=O)c1ccc(-c2ccc(C#N)cc2)cc1. The van der Waals surface area contributed by atoms with Gasteiger partial charge in [0.2, 0.25) is 15.9 Å². The monoisotopic (exact) mass is 491 g/mol. The minimum Gasteiger partial charge on any atom is -0.353 e. The maximum absolute atomic E-state index is 13.1. The Bertz CT molecular complexity index is 1220. The number of hydrogen-bond acceptors (Lipinski definition) is 4. The van der Waals surface area contributed by atoms with Crippen LogP contribution in [0.2, 0.25) is 0 Å². The molecule has 0 unspecified atom stereocenters. The second kappa shape index (κ2) is 9.07. The summed E-state index contributed by atoms with van der Waals surface area (Å²) in [6.07, 6.45) is 6.38. The van der Waals surface area contributed by atoms with Gasteiger partial charge >= 0.3 is 0 Å². The van der Waals surface area contributed by atoms with E-state index in [1.807, 2.05) is 12.1 Å². The van der Waals surface area contributed by atoms with Gasteiger partial charge in [0.05, 0.1) is 16.5 Å². The Hall–Kier alpha value is -2.69. The lowest BCUT2D eigenvalue weighted by atomic mass is 9.54. The molecule has 0 aliphatic heterocycles. The summed E-state index contributed by atoms with van der Waals surface area (Å²) in [5, 5.41) is 12.2. The van der Waals surface area contributed by atoms with Gasteiger partial charge in [-0.25, -0.2) is 13.1 Å². The van der Waals surface area contributed by atoms with Gasteiger partial charge in [0.15, 0.2) is 0 Å². The van der Waals surface area contributed by atoms with Crippen molar-refractivity contribution < 1.29 is 13.2 Å². The van der Waals surface area contributed by atoms with Gasteiger partial charge in [-0.3, -0.25) is 4.79 Å². The second-order valence-corrected chi connectivity index (χ2v) is 13.1. The Morgan fingerprint density at radius 1 is 0.914 bits per heavy atom. The van der Waals surface area contributed by atoms with Gasteiger partial charge in [-0.1, -0.05) is 24.3 Å². The number of nitriles is 1. The third-order valence-electron chi connectivity index (χ3n) is 8.08. The van der Waals surface area contributed by atoms with Crippen molar-refractivity contribution in [1.82, 2.24) is 10.0 Å². The number of nitrogens with zero attached hydrogens (tertiary/aromatic N) is 1. The average Bonchev–Trinajstić information content (AvgIpc) is 2.80. The summed E-state index contributed by atoms with van der Waals surface area (Å²) >= 11 is 0. The van der Waals surface area contributed by atoms with Crippen molar-refractivity contribution in [1.29, 1.82) is 5.26 Å². The minimum atomic E-state index is -3.80. The molecule has 2 aromatic carbocycles. The molecule has 0 radical (unpaired) electrons. The molecule has 0 atom stereocenters. The number of benzene rings is 2. The van der Waals surface area contributed by atoms with Crippen molar-refractivity contribution in [3.8, 4) is 17.2 Å². The third kappa shape index (κ3) is 5.14. The molecule has 0 heterocycles. The van der Waals surface area contributed by atoms with E-state index in [0.717, 1.165) is 23.0 Å². The summed E-state index contributed by atoms with van der Waals surface area (Å²) in [6, 6.07) is 16.1. The van der Waals surface area contributed by atoms with E-state index in [1.54, 1.807) is 50.2 Å². The number of rotatable bonds is 7. The van der Waals surface area contributed by atoms with Crippen LogP contribution in [0.3, 0.4) is 0 Å². The van der Waals surface area contributed by atoms with Gasteiger partial charge in [-0.05, 0) is 105 Å². The van der Waals surface area contributed by atoms with Gasteiger partial charge in [-0.15, -0.1) is 0 Å². The first-order valence-electron chi connectivity index (χ1n) is 12.6. The van der Waals surface area contributed by atoms with Crippen LogP contribution >= 0.6 is 0 Å². The fraction of sp³-hybridized carbons (Fsp3) is 0.500. The van der Waals surface area contributed by atoms with Crippen LogP contribution in [0.4, 0.5) is 0 Å². The predicted molar refractivity (Wildman–Crippen MR) is 135 cm³/mol. The van der Waals surface area contributed by atoms with E-state index in [2.05, 4.69) is 16.1 Å². The molecule has 0 saturated heterocycles. The van der Waals surface area contributed by atoms with Gasteiger partial charge in [0.25, 0.3) is 0 Å². The molecule has 6 nitrogen and oxygen atoms in total. The zero-order valence-corrected chi connectivity index (χ0v) is 21.1. The zero-order chi connectivity index (χ0) is 24.8. The summed E-state index contributed by atoms with van der Waals surface area (Å²) in [6.45, 7) is 3.51. The third-order valence-corrected chi connectivity index (χ3v) is 9.79. The predicted octanol–water partition coefficient (Wildman–Crippen LogP) is 4.61. The van der Waals surface area contributed by atoms with Crippen LogP contribution in [-0.4, -0.2) is 25.9 Å². The fourth-order valence-electron chi connectivity index (χ4n) is 6.82. The largest absolute Gasteiger partial charge is 0.353 e. The minimum absolute atomic E-state index is 0.0775. The number of amides is 1. The second-order valence-electron chi connectivity index (χ2n) is 11.4. The fourth-order valence-corrected chi connectivity index (χ4v) is 8.23. The maximum Gasteiger partial charge on any atom is 0.241 e. The van der Waals surface area contributed by atoms with Crippen molar-refractivity contribution in [3.05, 3.63) is 54.1 Å². The summed E-state index contributed by atoms with van der Waals surface area (Å²) < 4.78 is 28.9. The van der Waals surface area contributed by atoms with Gasteiger partial charge in [-0.2, -0.15) is 5.26 Å². The highest BCUT2D eigenvalue weighted by molar-refractivity contribution is 7.89. The first-order chi connectivity index (χ1) is 16.6. The van der Waals surface area contributed by atoms with E-state index < -0.39 is 15.6 Å². The van der Waals surface area contributed by atoms with Crippen molar-refractivity contribution >= 4 is 15.9 Å². The summed E-state index contributed by atoms with van der Waals surface area (Å²) in [4.78, 5) is 13.1. The Kier molecular flexibility index (Phi) is 6.23. The highest BCUT2D eigenvalue weighted by Crippen LogP contribution is 2.53. The number of nitrogens with one attached hydrogen (secondary N) is 2. The zero-order valence-electron chi connectivity index (χ0n) is 20.3. The lowest BCUT2D eigenvalue weighted by molar-refractivity contribution is -0.126. The molecule has 2 aromatic rings. The van der Waals surface area contributed by atoms with Gasteiger partial charge < -0.3 is 5.32 Å². The molecule has 0 spiro atoms. The summed E-state index contributed by atoms with van der Waals surface area (Å²) in [7, 11) is -3.80. The van der Waals surface area contributed by atoms with E-state index >= 15 is 0 Å². The van der Waals surface area contributed by atoms with E-state index in [4.69, 9.17) is 5.26 Å². The Morgan fingerprint density at radius 3 is 1.94 bits per heavy atom. The number of carbonyl (C=O) groups is 1. The normalized spacial score (nSPS) is 27.4. The number of carbonyl (C=O) groups excluding carboxylic acids is 1. The average molecular weight is 492 g/mol. The lowest BCUT2D eigenvalue weighted by Crippen LogP contribution is -2.57. The van der Waals surface area contributed by atoms with Crippen LogP contribution in [0.25, 0.3) is 11.1 Å². The topological polar surface area (TPSA) is 99.1 Å². The van der Waals surface area contributed by atoms with Crippen LogP contribution in [-0.2, 0) is 14.8 Å². The Balaban J connectivity index is 1.21. The highest BCUT2D eigenvalue weighted by Gasteiger charge is 2.48. The first kappa shape index (κ1) is 24.0. The van der Waals surface area contributed by atoms with Crippen molar-refractivity contribution in [2.45, 2.75) is 68.8 Å². The molecule has 7 heteroatoms. The van der Waals surface area contributed by atoms with E-state index in [0.29, 0.717) is 17.4 Å². The highest BCUT2D eigenvalue weighted by atomic mass is 32.2. The smallest absolute Gasteiger partial charge is 0.241 e. The molecule has 35 heavy (non-hydrogen) atoms. The van der Waals surface area contributed by atoms with Crippen LogP contribution in [0.1, 0.15) is 57.9 Å². The number of sulfonamides is 1. The van der Waals surface area contributed by atoms with Gasteiger partial charge in [0, 0.05) is 18.0 Å². The molecule has 2 N–H and O–H groups in total. The van der Waals surface area contributed by atoms with E-state index in [9.17, 15) is 13.2 Å². The maximum atomic E-state index is 13.1. The lowest BCUT2D eigenvalue weighted by Gasteiger charge is -2.54. The van der Waals surface area contributed by atoms with Crippen molar-refractivity contribution in [3.63, 3.8) is 0 Å². The molecule has 4 aliphatic rings. The van der Waals surface area contributed by atoms with Crippen LogP contribution in [0.15, 0.2) is 53.4 Å². The van der Waals surface area contributed by atoms with E-state index in [1.165, 1.54) is 32.1 Å². The van der Waals surface area contributed by atoms with E-state index in [-0.39, 0.29) is 23.3 Å². The van der Waals surface area contributed by atoms with Crippen LogP contribution in [0.5, 0.6) is 0 Å². The van der Waals surface area contributed by atoms with Crippen molar-refractivity contribution in [2.75, 3.05) is 0 Å². The van der Waals surface area contributed by atoms with Crippen LogP contribution < -0.4 is 10.0 Å². The molecule has 4 fully saturated rings.